The van der Waals surface area contributed by atoms with Crippen LogP contribution in [0.2, 0.25) is 15.1 Å². The van der Waals surface area contributed by atoms with Gasteiger partial charge in [-0.15, -0.1) is 0 Å². The number of phenols is 2. The Morgan fingerprint density at radius 1 is 0.600 bits per heavy atom. The van der Waals surface area contributed by atoms with E-state index >= 15 is 0 Å². The Hall–Kier alpha value is -7.45. The average molecular weight is 931 g/mol. The Balaban J connectivity index is 0.000000195. The lowest BCUT2D eigenvalue weighted by Gasteiger charge is -2.23. The van der Waals surface area contributed by atoms with E-state index in [0.29, 0.717) is 38.6 Å². The molecule has 2 aromatic heterocycles. The molecule has 0 bridgehead atoms. The van der Waals surface area contributed by atoms with Crippen LogP contribution in [0.4, 0.5) is 5.69 Å². The van der Waals surface area contributed by atoms with E-state index in [1.54, 1.807) is 60.8 Å². The highest BCUT2D eigenvalue weighted by molar-refractivity contribution is 6.35. The highest BCUT2D eigenvalue weighted by Gasteiger charge is 2.28. The van der Waals surface area contributed by atoms with Gasteiger partial charge in [-0.25, -0.2) is 0 Å². The smallest absolute Gasteiger partial charge is 0.269 e. The largest absolute Gasteiger partial charge is 0.505 e. The second-order valence-electron chi connectivity index (χ2n) is 14.4. The van der Waals surface area contributed by atoms with Crippen molar-refractivity contribution in [3.63, 3.8) is 0 Å². The number of aromatic nitrogens is 2. The van der Waals surface area contributed by atoms with Gasteiger partial charge in [-0.05, 0) is 84.8 Å². The number of carbonyl (C=O) groups excluding carboxylic acids is 2. The number of ether oxygens (including phenoxy) is 2. The van der Waals surface area contributed by atoms with Crippen molar-refractivity contribution in [1.29, 1.82) is 0 Å². The molecule has 0 radical (unpaired) electrons. The zero-order valence-corrected chi connectivity index (χ0v) is 36.6. The Labute approximate surface area is 387 Å². The number of nitro benzene ring substituents is 1. The van der Waals surface area contributed by atoms with Crippen LogP contribution in [-0.4, -0.2) is 50.1 Å². The molecule has 0 spiro atoms. The third-order valence-corrected chi connectivity index (χ3v) is 11.1. The van der Waals surface area contributed by atoms with E-state index in [9.17, 15) is 29.9 Å². The number of para-hydroxylation sites is 2. The molecule has 2 heterocycles. The van der Waals surface area contributed by atoms with Gasteiger partial charge in [-0.3, -0.25) is 29.7 Å². The molecule has 0 aliphatic carbocycles. The van der Waals surface area contributed by atoms with Crippen LogP contribution in [0.1, 0.15) is 39.9 Å². The van der Waals surface area contributed by atoms with Crippen LogP contribution in [0.5, 0.6) is 23.0 Å². The van der Waals surface area contributed by atoms with Crippen LogP contribution in [-0.2, 0) is 9.59 Å². The lowest BCUT2D eigenvalue weighted by Crippen LogP contribution is -2.33. The minimum atomic E-state index is -1.08. The van der Waals surface area contributed by atoms with Crippen LogP contribution in [0, 0.1) is 17.0 Å². The molecule has 2 atom stereocenters. The standard InChI is InChI=1S/C25H21ClN2O3.C24H17Cl2N3O5/c1-16-14-20(25(30)24-18(16)11-7-13-27-24)23(19-10-5-6-12-21(19)26)28-22(29)15-31-17-8-3-2-4-9-17;25-19-9-8-14(29(32)33)11-17(19)22(28-21(30)13-34-15-5-2-1-3-6-15)18-12-20(26)16-7-4-10-27-23(16)24(18)31/h2-14,23,30H,15H2,1H3,(H,28,29);1-12,22,31H,13H2,(H,28,30). The molecule has 2 amide bonds. The van der Waals surface area contributed by atoms with Crippen molar-refractivity contribution in [3.8, 4) is 23.0 Å². The second kappa shape index (κ2) is 20.8. The van der Waals surface area contributed by atoms with Crippen molar-refractivity contribution < 1.29 is 34.2 Å². The van der Waals surface area contributed by atoms with E-state index in [1.807, 2.05) is 67.6 Å². The van der Waals surface area contributed by atoms with Gasteiger partial charge in [0.25, 0.3) is 17.5 Å². The zero-order valence-electron chi connectivity index (χ0n) is 34.3. The van der Waals surface area contributed by atoms with E-state index in [4.69, 9.17) is 44.3 Å². The minimum absolute atomic E-state index is 0.00963. The summed E-state index contributed by atoms with van der Waals surface area (Å²) in [6.07, 6.45) is 3.12. The van der Waals surface area contributed by atoms with Crippen molar-refractivity contribution >= 4 is 74.1 Å². The van der Waals surface area contributed by atoms with Crippen LogP contribution >= 0.6 is 34.8 Å². The number of halogens is 3. The molecule has 6 aromatic carbocycles. The molecule has 2 unspecified atom stereocenters. The Morgan fingerprint density at radius 3 is 1.66 bits per heavy atom. The summed E-state index contributed by atoms with van der Waals surface area (Å²) < 4.78 is 11.1. The fraction of sp³-hybridized carbons (Fsp3) is 0.102. The predicted molar refractivity (Wildman–Crippen MR) is 250 cm³/mol. The normalized spacial score (nSPS) is 11.8. The summed E-state index contributed by atoms with van der Waals surface area (Å²) in [6.45, 7) is 1.43. The summed E-state index contributed by atoms with van der Waals surface area (Å²) in [6, 6.07) is 37.6. The molecule has 16 heteroatoms. The number of non-ortho nitro benzene ring substituents is 1. The number of nitrogens with one attached hydrogen (secondary N) is 2. The number of nitrogens with zero attached hydrogens (tertiary/aromatic N) is 3. The Kier molecular flexibility index (Phi) is 14.6. The number of phenolic OH excluding ortho intramolecular Hbond substituents is 2. The highest BCUT2D eigenvalue weighted by atomic mass is 35.5. The van der Waals surface area contributed by atoms with Gasteiger partial charge >= 0.3 is 0 Å². The molecule has 328 valence electrons. The second-order valence-corrected chi connectivity index (χ2v) is 15.6. The quantitative estimate of drug-likeness (QED) is 0.0640. The molecule has 8 rings (SSSR count). The highest BCUT2D eigenvalue weighted by Crippen LogP contribution is 2.41. The first-order valence-corrected chi connectivity index (χ1v) is 21.0. The van der Waals surface area contributed by atoms with Gasteiger partial charge in [0.05, 0.1) is 22.0 Å². The first-order valence-electron chi connectivity index (χ1n) is 19.9. The van der Waals surface area contributed by atoms with E-state index in [0.717, 1.165) is 10.9 Å². The number of aromatic hydroxyl groups is 2. The number of hydrogen-bond donors (Lipinski definition) is 4. The van der Waals surface area contributed by atoms with Gasteiger partial charge < -0.3 is 30.3 Å². The molecule has 8 aromatic rings. The third kappa shape index (κ3) is 10.8. The fourth-order valence-electron chi connectivity index (χ4n) is 7.03. The van der Waals surface area contributed by atoms with Crippen molar-refractivity contribution in [3.05, 3.63) is 205 Å². The Bertz CT molecular complexity index is 3020. The van der Waals surface area contributed by atoms with Crippen LogP contribution in [0.25, 0.3) is 21.8 Å². The lowest BCUT2D eigenvalue weighted by atomic mass is 9.94. The van der Waals surface area contributed by atoms with Gasteiger partial charge in [0.1, 0.15) is 34.0 Å². The molecule has 4 N–H and O–H groups in total. The molecule has 0 fully saturated rings. The zero-order chi connectivity index (χ0) is 46.0. The van der Waals surface area contributed by atoms with E-state index in [2.05, 4.69) is 20.6 Å². The van der Waals surface area contributed by atoms with Gasteiger partial charge in [0, 0.05) is 62.0 Å². The first-order chi connectivity index (χ1) is 31.4. The van der Waals surface area contributed by atoms with Crippen molar-refractivity contribution in [2.75, 3.05) is 13.2 Å². The van der Waals surface area contributed by atoms with E-state index in [-0.39, 0.29) is 63.0 Å². The summed E-state index contributed by atoms with van der Waals surface area (Å²) in [4.78, 5) is 44.9. The van der Waals surface area contributed by atoms with Crippen LogP contribution in [0.15, 0.2) is 152 Å². The number of benzene rings is 6. The molecule has 0 aliphatic heterocycles. The molecule has 0 saturated carbocycles. The SMILES string of the molecule is Cc1cc(C(NC(=O)COc2ccccc2)c2ccccc2Cl)c(O)c2ncccc12.O=C(COc1ccccc1)NC(c1cc([N+](=O)[O-])ccc1Cl)c1cc(Cl)c2cccnc2c1O. The monoisotopic (exact) mass is 929 g/mol. The molecular formula is C49H38Cl3N5O8. The summed E-state index contributed by atoms with van der Waals surface area (Å²) in [7, 11) is 0. The topological polar surface area (TPSA) is 186 Å². The summed E-state index contributed by atoms with van der Waals surface area (Å²) in [5.74, 6) is -0.0313. The average Bonchev–Trinajstić information content (AvgIpc) is 3.32. The number of nitro groups is 1. The first kappa shape index (κ1) is 45.6. The van der Waals surface area contributed by atoms with Crippen LogP contribution < -0.4 is 20.1 Å². The van der Waals surface area contributed by atoms with Crippen molar-refractivity contribution in [2.24, 2.45) is 0 Å². The number of hydrogen-bond acceptors (Lipinski definition) is 10. The minimum Gasteiger partial charge on any atom is -0.505 e. The maximum absolute atomic E-state index is 12.8. The van der Waals surface area contributed by atoms with Gasteiger partial charge in [-0.1, -0.05) is 95.5 Å². The summed E-state index contributed by atoms with van der Waals surface area (Å²) in [5.41, 5.74) is 2.95. The number of amides is 2. The maximum atomic E-state index is 12.8. The third-order valence-electron chi connectivity index (χ3n) is 10.1. The predicted octanol–water partition coefficient (Wildman–Crippen LogP) is 10.6. The van der Waals surface area contributed by atoms with Gasteiger partial charge in [-0.2, -0.15) is 0 Å². The Morgan fingerprint density at radius 2 is 1.09 bits per heavy atom. The van der Waals surface area contributed by atoms with Gasteiger partial charge in [0.2, 0.25) is 0 Å². The number of rotatable bonds is 13. The maximum Gasteiger partial charge on any atom is 0.269 e. The number of carbonyl (C=O) groups is 2. The van der Waals surface area contributed by atoms with Crippen molar-refractivity contribution in [1.82, 2.24) is 20.6 Å². The van der Waals surface area contributed by atoms with Crippen LogP contribution in [0.3, 0.4) is 0 Å². The molecule has 13 nitrogen and oxygen atoms in total. The summed E-state index contributed by atoms with van der Waals surface area (Å²) >= 11 is 19.3. The molecule has 0 saturated heterocycles. The van der Waals surface area contributed by atoms with Gasteiger partial charge in [0.15, 0.2) is 13.2 Å². The number of fused-ring (bicyclic) bond motifs is 2. The number of pyridine rings is 2. The van der Waals surface area contributed by atoms with Crippen molar-refractivity contribution in [2.45, 2.75) is 19.0 Å². The molecule has 65 heavy (non-hydrogen) atoms. The van der Waals surface area contributed by atoms with E-state index < -0.39 is 22.9 Å². The number of aryl methyl sites for hydroxylation is 1. The lowest BCUT2D eigenvalue weighted by molar-refractivity contribution is -0.384. The molecule has 0 aliphatic rings. The van der Waals surface area contributed by atoms with E-state index in [1.165, 1.54) is 30.5 Å². The fourth-order valence-corrected chi connectivity index (χ4v) is 7.77. The summed E-state index contributed by atoms with van der Waals surface area (Å²) in [5, 5.41) is 41.4. The molecular weight excluding hydrogens is 893 g/mol.